The van der Waals surface area contributed by atoms with Crippen LogP contribution in [-0.2, 0) is 0 Å². The normalized spacial score (nSPS) is 14.7. The molecule has 0 atom stereocenters. The number of ether oxygens (including phenoxy) is 2. The van der Waals surface area contributed by atoms with Gasteiger partial charge in [-0.2, -0.15) is 0 Å². The van der Waals surface area contributed by atoms with Crippen molar-refractivity contribution in [3.8, 4) is 11.5 Å². The largest absolute Gasteiger partial charge is 0.497 e. The highest BCUT2D eigenvalue weighted by Crippen LogP contribution is 2.29. The standard InChI is InChI=1S/C20H26N4O3/c1-13-7-9-24(10-8-13)19-12-17(21-14(2)22-19)20(25)23-16-11-15(26-3)5-6-18(16)27-4/h5-6,11-13H,7-10H2,1-4H3,(H,23,25). The van der Waals surface area contributed by atoms with Crippen LogP contribution < -0.4 is 19.7 Å². The summed E-state index contributed by atoms with van der Waals surface area (Å²) in [6.07, 6.45) is 2.26. The molecule has 2 heterocycles. The number of nitrogens with one attached hydrogen (secondary N) is 1. The van der Waals surface area contributed by atoms with Crippen LogP contribution in [0.1, 0.15) is 36.1 Å². The summed E-state index contributed by atoms with van der Waals surface area (Å²) >= 11 is 0. The molecule has 1 aromatic heterocycles. The molecule has 0 radical (unpaired) electrons. The Morgan fingerprint density at radius 1 is 1.15 bits per heavy atom. The number of hydrogen-bond donors (Lipinski definition) is 1. The van der Waals surface area contributed by atoms with Crippen molar-refractivity contribution in [3.63, 3.8) is 0 Å². The van der Waals surface area contributed by atoms with E-state index in [1.54, 1.807) is 45.4 Å². The van der Waals surface area contributed by atoms with Crippen molar-refractivity contribution in [3.05, 3.63) is 35.8 Å². The summed E-state index contributed by atoms with van der Waals surface area (Å²) in [7, 11) is 3.13. The molecule has 27 heavy (non-hydrogen) atoms. The predicted octanol–water partition coefficient (Wildman–Crippen LogP) is 3.29. The Morgan fingerprint density at radius 3 is 2.56 bits per heavy atom. The first kappa shape index (κ1) is 18.9. The van der Waals surface area contributed by atoms with E-state index in [4.69, 9.17) is 9.47 Å². The number of hydrogen-bond acceptors (Lipinski definition) is 6. The van der Waals surface area contributed by atoms with Crippen LogP contribution in [0.5, 0.6) is 11.5 Å². The van der Waals surface area contributed by atoms with Gasteiger partial charge in [0.25, 0.3) is 5.91 Å². The van der Waals surface area contributed by atoms with Gasteiger partial charge in [-0.1, -0.05) is 6.92 Å². The molecule has 1 amide bonds. The van der Waals surface area contributed by atoms with Crippen LogP contribution in [0.3, 0.4) is 0 Å². The summed E-state index contributed by atoms with van der Waals surface area (Å²) in [5.74, 6) is 2.99. The maximum atomic E-state index is 12.8. The predicted molar refractivity (Wildman–Crippen MR) is 105 cm³/mol. The van der Waals surface area contributed by atoms with Crippen molar-refractivity contribution in [1.82, 2.24) is 9.97 Å². The van der Waals surface area contributed by atoms with Gasteiger partial charge in [-0.25, -0.2) is 9.97 Å². The van der Waals surface area contributed by atoms with E-state index in [1.807, 2.05) is 0 Å². The Bertz CT molecular complexity index is 817. The Kier molecular flexibility index (Phi) is 5.78. The molecule has 7 heteroatoms. The number of carbonyl (C=O) groups is 1. The summed E-state index contributed by atoms with van der Waals surface area (Å²) in [6, 6.07) is 7.00. The highest BCUT2D eigenvalue weighted by Gasteiger charge is 2.20. The summed E-state index contributed by atoms with van der Waals surface area (Å²) in [4.78, 5) is 23.9. The van der Waals surface area contributed by atoms with Crippen molar-refractivity contribution >= 4 is 17.4 Å². The fourth-order valence-electron chi connectivity index (χ4n) is 3.17. The first-order valence-corrected chi connectivity index (χ1v) is 9.14. The number of rotatable bonds is 5. The lowest BCUT2D eigenvalue weighted by molar-refractivity contribution is 0.102. The number of aromatic nitrogens is 2. The first-order valence-electron chi connectivity index (χ1n) is 9.14. The summed E-state index contributed by atoms with van der Waals surface area (Å²) in [5.41, 5.74) is 0.868. The number of benzene rings is 1. The molecule has 3 rings (SSSR count). The maximum absolute atomic E-state index is 12.8. The molecule has 0 aliphatic carbocycles. The topological polar surface area (TPSA) is 76.6 Å². The average Bonchev–Trinajstić information content (AvgIpc) is 2.68. The molecular formula is C20H26N4O3. The van der Waals surface area contributed by atoms with Crippen LogP contribution in [0.15, 0.2) is 24.3 Å². The minimum Gasteiger partial charge on any atom is -0.497 e. The zero-order chi connectivity index (χ0) is 19.4. The van der Waals surface area contributed by atoms with Gasteiger partial charge < -0.3 is 19.7 Å². The van der Waals surface area contributed by atoms with E-state index in [0.717, 1.165) is 37.7 Å². The Balaban J connectivity index is 1.83. The molecule has 0 saturated carbocycles. The van der Waals surface area contributed by atoms with E-state index >= 15 is 0 Å². The molecule has 1 fully saturated rings. The Morgan fingerprint density at radius 2 is 1.89 bits per heavy atom. The van der Waals surface area contributed by atoms with Gasteiger partial charge in [0, 0.05) is 25.2 Å². The zero-order valence-electron chi connectivity index (χ0n) is 16.3. The van der Waals surface area contributed by atoms with Gasteiger partial charge in [-0.3, -0.25) is 4.79 Å². The van der Waals surface area contributed by atoms with E-state index < -0.39 is 0 Å². The van der Waals surface area contributed by atoms with Gasteiger partial charge in [0.1, 0.15) is 28.8 Å². The minimum absolute atomic E-state index is 0.307. The van der Waals surface area contributed by atoms with Gasteiger partial charge in [-0.05, 0) is 37.8 Å². The van der Waals surface area contributed by atoms with E-state index in [-0.39, 0.29) is 5.91 Å². The number of amides is 1. The van der Waals surface area contributed by atoms with Gasteiger partial charge in [0.05, 0.1) is 19.9 Å². The van der Waals surface area contributed by atoms with Crippen molar-refractivity contribution in [2.75, 3.05) is 37.5 Å². The lowest BCUT2D eigenvalue weighted by Crippen LogP contribution is -2.34. The molecule has 1 aliphatic heterocycles. The molecule has 7 nitrogen and oxygen atoms in total. The van der Waals surface area contributed by atoms with Gasteiger partial charge >= 0.3 is 0 Å². The second-order valence-electron chi connectivity index (χ2n) is 6.85. The number of anilines is 2. The number of nitrogens with zero attached hydrogens (tertiary/aromatic N) is 3. The number of aryl methyl sites for hydroxylation is 1. The molecule has 1 N–H and O–H groups in total. The highest BCUT2D eigenvalue weighted by molar-refractivity contribution is 6.04. The zero-order valence-corrected chi connectivity index (χ0v) is 16.3. The van der Waals surface area contributed by atoms with Crippen molar-refractivity contribution in [2.24, 2.45) is 5.92 Å². The third kappa shape index (κ3) is 4.48. The molecule has 0 unspecified atom stereocenters. The van der Waals surface area contributed by atoms with E-state index in [9.17, 15) is 4.79 Å². The summed E-state index contributed by atoms with van der Waals surface area (Å²) in [6.45, 7) is 5.96. The Labute approximate surface area is 159 Å². The first-order chi connectivity index (χ1) is 13.0. The SMILES string of the molecule is COc1ccc(OC)c(NC(=O)c2cc(N3CCC(C)CC3)nc(C)n2)c1. The monoisotopic (exact) mass is 370 g/mol. The molecule has 144 valence electrons. The third-order valence-corrected chi connectivity index (χ3v) is 4.82. The van der Waals surface area contributed by atoms with E-state index in [0.29, 0.717) is 28.7 Å². The molecule has 0 spiro atoms. The van der Waals surface area contributed by atoms with Crippen LogP contribution in [0, 0.1) is 12.8 Å². The van der Waals surface area contributed by atoms with Gasteiger partial charge in [-0.15, -0.1) is 0 Å². The molecular weight excluding hydrogens is 344 g/mol. The summed E-state index contributed by atoms with van der Waals surface area (Å²) in [5, 5.41) is 2.86. The van der Waals surface area contributed by atoms with Crippen molar-refractivity contribution in [1.29, 1.82) is 0 Å². The maximum Gasteiger partial charge on any atom is 0.274 e. The average molecular weight is 370 g/mol. The van der Waals surface area contributed by atoms with Gasteiger partial charge in [0.15, 0.2) is 0 Å². The fourth-order valence-corrected chi connectivity index (χ4v) is 3.17. The smallest absolute Gasteiger partial charge is 0.274 e. The fraction of sp³-hybridized carbons (Fsp3) is 0.450. The molecule has 0 bridgehead atoms. The van der Waals surface area contributed by atoms with Crippen LogP contribution in [0.25, 0.3) is 0 Å². The third-order valence-electron chi connectivity index (χ3n) is 4.82. The number of carbonyl (C=O) groups excluding carboxylic acids is 1. The lowest BCUT2D eigenvalue weighted by atomic mass is 9.99. The molecule has 1 aromatic carbocycles. The van der Waals surface area contributed by atoms with Crippen LogP contribution >= 0.6 is 0 Å². The quantitative estimate of drug-likeness (QED) is 0.870. The van der Waals surface area contributed by atoms with Crippen LogP contribution in [0.4, 0.5) is 11.5 Å². The van der Waals surface area contributed by atoms with Crippen molar-refractivity contribution < 1.29 is 14.3 Å². The summed E-state index contributed by atoms with van der Waals surface area (Å²) < 4.78 is 10.6. The van der Waals surface area contributed by atoms with Crippen LogP contribution in [0.2, 0.25) is 0 Å². The molecule has 1 aliphatic rings. The lowest BCUT2D eigenvalue weighted by Gasteiger charge is -2.31. The molecule has 1 saturated heterocycles. The van der Waals surface area contributed by atoms with Gasteiger partial charge in [0.2, 0.25) is 0 Å². The minimum atomic E-state index is -0.307. The van der Waals surface area contributed by atoms with Crippen LogP contribution in [-0.4, -0.2) is 43.2 Å². The van der Waals surface area contributed by atoms with E-state index in [1.165, 1.54) is 0 Å². The van der Waals surface area contributed by atoms with E-state index in [2.05, 4.69) is 27.1 Å². The number of piperidine rings is 1. The molecule has 2 aromatic rings. The Hall–Kier alpha value is -2.83. The van der Waals surface area contributed by atoms with Crippen molar-refractivity contribution in [2.45, 2.75) is 26.7 Å². The second kappa shape index (κ2) is 8.24. The highest BCUT2D eigenvalue weighted by atomic mass is 16.5. The second-order valence-corrected chi connectivity index (χ2v) is 6.85. The number of methoxy groups -OCH3 is 2.